The van der Waals surface area contributed by atoms with Crippen LogP contribution in [0.3, 0.4) is 0 Å². The summed E-state index contributed by atoms with van der Waals surface area (Å²) in [6.07, 6.45) is 4.08. The molecule has 0 bridgehead atoms. The van der Waals surface area contributed by atoms with Crippen molar-refractivity contribution in [2.45, 2.75) is 19.5 Å². The fourth-order valence-electron chi connectivity index (χ4n) is 2.89. The molecule has 0 aromatic heterocycles. The maximum atomic E-state index is 11.0. The van der Waals surface area contributed by atoms with Gasteiger partial charge in [0.1, 0.15) is 0 Å². The predicted molar refractivity (Wildman–Crippen MR) is 89.7 cm³/mol. The molecule has 118 valence electrons. The van der Waals surface area contributed by atoms with Gasteiger partial charge in [0.2, 0.25) is 0 Å². The van der Waals surface area contributed by atoms with Crippen LogP contribution in [-0.4, -0.2) is 22.6 Å². The normalized spacial score (nSPS) is 14.1. The molecule has 4 heteroatoms. The molecule has 0 spiro atoms. The van der Waals surface area contributed by atoms with Gasteiger partial charge >= 0.3 is 0 Å². The third kappa shape index (κ3) is 4.06. The lowest BCUT2D eigenvalue weighted by molar-refractivity contribution is -0.124. The van der Waals surface area contributed by atoms with Gasteiger partial charge in [0.05, 0.1) is 0 Å². The van der Waals surface area contributed by atoms with E-state index in [0.717, 1.165) is 31.6 Å². The van der Waals surface area contributed by atoms with Gasteiger partial charge in [0.15, 0.2) is 0 Å². The van der Waals surface area contributed by atoms with Crippen molar-refractivity contribution >= 4 is 12.0 Å². The Morgan fingerprint density at radius 3 is 2.70 bits per heavy atom. The van der Waals surface area contributed by atoms with E-state index in [1.807, 2.05) is 12.1 Å². The van der Waals surface area contributed by atoms with Crippen LogP contribution in [0.25, 0.3) is 6.08 Å². The van der Waals surface area contributed by atoms with E-state index in [0.29, 0.717) is 0 Å². The molecule has 0 saturated carbocycles. The number of hydrogen-bond donors (Lipinski definition) is 2. The summed E-state index contributed by atoms with van der Waals surface area (Å²) in [7, 11) is 0. The molecule has 3 rings (SSSR count). The average molecular weight is 308 g/mol. The topological polar surface area (TPSA) is 52.6 Å². The first-order valence-corrected chi connectivity index (χ1v) is 7.75. The van der Waals surface area contributed by atoms with Gasteiger partial charge in [-0.1, -0.05) is 48.5 Å². The minimum absolute atomic E-state index is 0.519. The number of nitrogens with zero attached hydrogens (tertiary/aromatic N) is 1. The highest BCUT2D eigenvalue weighted by molar-refractivity contribution is 5.90. The molecule has 0 saturated heterocycles. The van der Waals surface area contributed by atoms with Crippen LogP contribution in [-0.2, 0) is 24.3 Å². The van der Waals surface area contributed by atoms with Gasteiger partial charge in [-0.25, -0.2) is 5.48 Å². The molecule has 1 aliphatic rings. The fourth-order valence-corrected chi connectivity index (χ4v) is 2.89. The van der Waals surface area contributed by atoms with Crippen LogP contribution in [0.1, 0.15) is 22.3 Å². The third-order valence-electron chi connectivity index (χ3n) is 4.12. The molecule has 0 unspecified atom stereocenters. The molecular formula is C19H20N2O2. The highest BCUT2D eigenvalue weighted by Crippen LogP contribution is 2.24. The Labute approximate surface area is 136 Å². The van der Waals surface area contributed by atoms with Gasteiger partial charge in [-0.2, -0.15) is 0 Å². The summed E-state index contributed by atoms with van der Waals surface area (Å²) in [4.78, 5) is 13.5. The first kappa shape index (κ1) is 15.5. The standard InChI is InChI=1S/C19H20N2O2/c22-19(20-23)9-7-16-6-8-17-13-21(14-18(17)12-16)11-10-15-4-2-1-3-5-15/h1-9,12,23H,10-11,13-14H2,(H,20,22). The summed E-state index contributed by atoms with van der Waals surface area (Å²) in [5.74, 6) is -0.519. The maximum Gasteiger partial charge on any atom is 0.267 e. The molecule has 0 aliphatic carbocycles. The van der Waals surface area contributed by atoms with Crippen molar-refractivity contribution in [1.29, 1.82) is 0 Å². The zero-order chi connectivity index (χ0) is 16.1. The Morgan fingerprint density at radius 1 is 1.13 bits per heavy atom. The van der Waals surface area contributed by atoms with E-state index in [9.17, 15) is 4.79 Å². The van der Waals surface area contributed by atoms with E-state index in [-0.39, 0.29) is 0 Å². The summed E-state index contributed by atoms with van der Waals surface area (Å²) in [5, 5.41) is 8.50. The van der Waals surface area contributed by atoms with E-state index in [1.54, 1.807) is 11.6 Å². The third-order valence-corrected chi connectivity index (χ3v) is 4.12. The molecule has 1 amide bonds. The number of hydrogen-bond acceptors (Lipinski definition) is 3. The Hall–Kier alpha value is -2.43. The molecular weight excluding hydrogens is 288 g/mol. The van der Waals surface area contributed by atoms with Crippen LogP contribution in [0.5, 0.6) is 0 Å². The van der Waals surface area contributed by atoms with E-state index in [2.05, 4.69) is 41.3 Å². The molecule has 23 heavy (non-hydrogen) atoms. The predicted octanol–water partition coefficient (Wildman–Crippen LogP) is 2.76. The number of benzene rings is 2. The zero-order valence-electron chi connectivity index (χ0n) is 12.9. The first-order chi connectivity index (χ1) is 11.2. The Balaban J connectivity index is 1.60. The smallest absolute Gasteiger partial charge is 0.267 e. The van der Waals surface area contributed by atoms with Crippen LogP contribution >= 0.6 is 0 Å². The second-order valence-electron chi connectivity index (χ2n) is 5.78. The van der Waals surface area contributed by atoms with Crippen molar-refractivity contribution < 1.29 is 10.0 Å². The SMILES string of the molecule is O=C(C=Cc1ccc2c(c1)CN(CCc1ccccc1)C2)NO. The van der Waals surface area contributed by atoms with Gasteiger partial charge in [0.25, 0.3) is 5.91 Å². The summed E-state index contributed by atoms with van der Waals surface area (Å²) in [6.45, 7) is 2.95. The second-order valence-corrected chi connectivity index (χ2v) is 5.78. The van der Waals surface area contributed by atoms with E-state index < -0.39 is 5.91 Å². The molecule has 1 heterocycles. The number of fused-ring (bicyclic) bond motifs is 1. The molecule has 0 radical (unpaired) electrons. The van der Waals surface area contributed by atoms with Gasteiger partial charge in [0, 0.05) is 25.7 Å². The van der Waals surface area contributed by atoms with Crippen molar-refractivity contribution in [3.8, 4) is 0 Å². The highest BCUT2D eigenvalue weighted by atomic mass is 16.5. The maximum absolute atomic E-state index is 11.0. The van der Waals surface area contributed by atoms with Crippen molar-refractivity contribution in [2.24, 2.45) is 0 Å². The number of carbonyl (C=O) groups excluding carboxylic acids is 1. The van der Waals surface area contributed by atoms with E-state index >= 15 is 0 Å². The Bertz CT molecular complexity index is 711. The lowest BCUT2D eigenvalue weighted by Gasteiger charge is -2.14. The van der Waals surface area contributed by atoms with Gasteiger partial charge in [-0.3, -0.25) is 14.9 Å². The molecule has 2 aromatic carbocycles. The lowest BCUT2D eigenvalue weighted by Crippen LogP contribution is -2.19. The van der Waals surface area contributed by atoms with E-state index in [4.69, 9.17) is 5.21 Å². The summed E-state index contributed by atoms with van der Waals surface area (Å²) in [5.41, 5.74) is 6.58. The quantitative estimate of drug-likeness (QED) is 0.507. The zero-order valence-corrected chi connectivity index (χ0v) is 12.9. The Kier molecular flexibility index (Phi) is 4.86. The molecule has 2 N–H and O–H groups in total. The van der Waals surface area contributed by atoms with Crippen LogP contribution in [0.2, 0.25) is 0 Å². The minimum atomic E-state index is -0.519. The van der Waals surface area contributed by atoms with Crippen LogP contribution in [0.4, 0.5) is 0 Å². The van der Waals surface area contributed by atoms with Gasteiger partial charge < -0.3 is 0 Å². The monoisotopic (exact) mass is 308 g/mol. The molecule has 2 aromatic rings. The number of carbonyl (C=O) groups is 1. The largest absolute Gasteiger partial charge is 0.294 e. The second kappa shape index (κ2) is 7.22. The number of amides is 1. The molecule has 0 fully saturated rings. The van der Waals surface area contributed by atoms with Gasteiger partial charge in [-0.15, -0.1) is 0 Å². The minimum Gasteiger partial charge on any atom is -0.294 e. The fraction of sp³-hybridized carbons (Fsp3) is 0.211. The molecule has 1 aliphatic heterocycles. The summed E-state index contributed by atoms with van der Waals surface area (Å²) >= 11 is 0. The number of nitrogens with one attached hydrogen (secondary N) is 1. The van der Waals surface area contributed by atoms with Crippen LogP contribution in [0.15, 0.2) is 54.6 Å². The van der Waals surface area contributed by atoms with E-state index in [1.165, 1.54) is 22.8 Å². The lowest BCUT2D eigenvalue weighted by atomic mass is 10.1. The number of hydroxylamine groups is 1. The Morgan fingerprint density at radius 2 is 1.91 bits per heavy atom. The van der Waals surface area contributed by atoms with Crippen molar-refractivity contribution in [3.05, 3.63) is 76.9 Å². The van der Waals surface area contributed by atoms with Crippen molar-refractivity contribution in [1.82, 2.24) is 10.4 Å². The average Bonchev–Trinajstić information content (AvgIpc) is 3.01. The summed E-state index contributed by atoms with van der Waals surface area (Å²) in [6, 6.07) is 16.8. The van der Waals surface area contributed by atoms with Crippen LogP contribution < -0.4 is 5.48 Å². The van der Waals surface area contributed by atoms with Crippen LogP contribution in [0, 0.1) is 0 Å². The first-order valence-electron chi connectivity index (χ1n) is 7.75. The molecule has 4 nitrogen and oxygen atoms in total. The molecule has 0 atom stereocenters. The van der Waals surface area contributed by atoms with Crippen molar-refractivity contribution in [2.75, 3.05) is 6.54 Å². The highest BCUT2D eigenvalue weighted by Gasteiger charge is 2.18. The van der Waals surface area contributed by atoms with Crippen molar-refractivity contribution in [3.63, 3.8) is 0 Å². The van der Waals surface area contributed by atoms with Gasteiger partial charge in [-0.05, 0) is 34.8 Å². The summed E-state index contributed by atoms with van der Waals surface area (Å²) < 4.78 is 0. The number of rotatable bonds is 5.